The largest absolute Gasteiger partial charge is 0.354 e. The highest BCUT2D eigenvalue weighted by atomic mass is 16.2. The van der Waals surface area contributed by atoms with Crippen molar-refractivity contribution in [1.82, 2.24) is 14.8 Å². The van der Waals surface area contributed by atoms with Gasteiger partial charge in [0, 0.05) is 51.5 Å². The second-order valence-corrected chi connectivity index (χ2v) is 7.22. The maximum atomic E-state index is 12.7. The van der Waals surface area contributed by atoms with Crippen molar-refractivity contribution in [2.75, 3.05) is 58.3 Å². The highest BCUT2D eigenvalue weighted by molar-refractivity contribution is 5.94. The molecular formula is C17H29N5O. The van der Waals surface area contributed by atoms with Crippen molar-refractivity contribution in [1.29, 1.82) is 0 Å². The lowest BCUT2D eigenvalue weighted by Crippen LogP contribution is -2.45. The van der Waals surface area contributed by atoms with E-state index in [1.807, 2.05) is 13.1 Å². The van der Waals surface area contributed by atoms with E-state index in [1.54, 1.807) is 17.2 Å². The summed E-state index contributed by atoms with van der Waals surface area (Å²) < 4.78 is 0. The Morgan fingerprint density at radius 2 is 2.00 bits per heavy atom. The van der Waals surface area contributed by atoms with Crippen LogP contribution in [0, 0.1) is 5.41 Å². The number of carbonyl (C=O) groups is 1. The van der Waals surface area contributed by atoms with Gasteiger partial charge in [0.25, 0.3) is 5.91 Å². The van der Waals surface area contributed by atoms with Crippen LogP contribution in [0.4, 0.5) is 5.82 Å². The molecule has 23 heavy (non-hydrogen) atoms. The second-order valence-electron chi connectivity index (χ2n) is 7.22. The summed E-state index contributed by atoms with van der Waals surface area (Å²) in [6, 6.07) is 3.69. The Hall–Kier alpha value is -1.66. The zero-order valence-electron chi connectivity index (χ0n) is 14.7. The maximum absolute atomic E-state index is 12.7. The van der Waals surface area contributed by atoms with Crippen molar-refractivity contribution < 1.29 is 4.79 Å². The number of piperazine rings is 1. The van der Waals surface area contributed by atoms with Crippen LogP contribution in [0.15, 0.2) is 18.3 Å². The molecule has 2 heterocycles. The monoisotopic (exact) mass is 319 g/mol. The molecule has 2 N–H and O–H groups in total. The predicted molar refractivity (Wildman–Crippen MR) is 93.7 cm³/mol. The average molecular weight is 319 g/mol. The molecule has 1 aromatic rings. The first-order valence-electron chi connectivity index (χ1n) is 8.17. The third-order valence-electron chi connectivity index (χ3n) is 4.38. The number of amides is 1. The molecule has 0 atom stereocenters. The highest BCUT2D eigenvalue weighted by Crippen LogP contribution is 2.18. The first-order valence-corrected chi connectivity index (χ1v) is 8.17. The van der Waals surface area contributed by atoms with Crippen molar-refractivity contribution in [2.45, 2.75) is 13.8 Å². The molecule has 1 aromatic heterocycles. The van der Waals surface area contributed by atoms with Crippen LogP contribution in [-0.4, -0.2) is 74.1 Å². The normalized spacial score (nSPS) is 16.5. The maximum Gasteiger partial charge on any atom is 0.253 e. The third-order valence-corrected chi connectivity index (χ3v) is 4.38. The van der Waals surface area contributed by atoms with Gasteiger partial charge in [0.15, 0.2) is 0 Å². The summed E-state index contributed by atoms with van der Waals surface area (Å²) >= 11 is 0. The van der Waals surface area contributed by atoms with Crippen LogP contribution in [0.5, 0.6) is 0 Å². The Bertz CT molecular complexity index is 538. The van der Waals surface area contributed by atoms with E-state index in [0.29, 0.717) is 18.7 Å². The molecule has 0 bridgehead atoms. The van der Waals surface area contributed by atoms with Gasteiger partial charge in [0.05, 0.1) is 0 Å². The fraction of sp³-hybridized carbons (Fsp3) is 0.647. The molecule has 0 radical (unpaired) electrons. The molecule has 0 saturated carbocycles. The van der Waals surface area contributed by atoms with Crippen molar-refractivity contribution in [3.63, 3.8) is 0 Å². The summed E-state index contributed by atoms with van der Waals surface area (Å²) in [5, 5.41) is 0. The zero-order chi connectivity index (χ0) is 17.0. The quantitative estimate of drug-likeness (QED) is 0.873. The summed E-state index contributed by atoms with van der Waals surface area (Å²) in [6.45, 7) is 9.24. The number of pyridine rings is 1. The van der Waals surface area contributed by atoms with E-state index in [9.17, 15) is 4.79 Å². The van der Waals surface area contributed by atoms with Gasteiger partial charge in [-0.25, -0.2) is 4.98 Å². The standard InChI is InChI=1S/C17H29N5O/c1-17(2,12-18)13-21(4)16(23)14-5-6-19-15(11-14)22-9-7-20(3)8-10-22/h5-6,11H,7-10,12-13,18H2,1-4H3. The molecule has 6 nitrogen and oxygen atoms in total. The van der Waals surface area contributed by atoms with Crippen molar-refractivity contribution >= 4 is 11.7 Å². The number of carbonyl (C=O) groups excluding carboxylic acids is 1. The van der Waals surface area contributed by atoms with E-state index in [2.05, 4.69) is 35.7 Å². The number of nitrogens with two attached hydrogens (primary N) is 1. The van der Waals surface area contributed by atoms with Gasteiger partial charge in [0.2, 0.25) is 0 Å². The van der Waals surface area contributed by atoms with Gasteiger partial charge in [-0.05, 0) is 31.1 Å². The van der Waals surface area contributed by atoms with Crippen molar-refractivity contribution in [2.24, 2.45) is 11.1 Å². The first-order chi connectivity index (χ1) is 10.8. The molecule has 0 aromatic carbocycles. The number of likely N-dealkylation sites (N-methyl/N-ethyl adjacent to an activating group) is 1. The second kappa shape index (κ2) is 7.27. The molecule has 1 aliphatic rings. The Morgan fingerprint density at radius 1 is 1.35 bits per heavy atom. The lowest BCUT2D eigenvalue weighted by atomic mass is 9.93. The van der Waals surface area contributed by atoms with E-state index >= 15 is 0 Å². The van der Waals surface area contributed by atoms with Gasteiger partial charge in [-0.15, -0.1) is 0 Å². The molecule has 1 saturated heterocycles. The number of hydrogen-bond donors (Lipinski definition) is 1. The SMILES string of the molecule is CN1CCN(c2cc(C(=O)N(C)CC(C)(C)CN)ccn2)CC1. The van der Waals surface area contributed by atoms with Crippen LogP contribution < -0.4 is 10.6 Å². The number of hydrogen-bond acceptors (Lipinski definition) is 5. The highest BCUT2D eigenvalue weighted by Gasteiger charge is 2.23. The predicted octanol–water partition coefficient (Wildman–Crippen LogP) is 0.890. The zero-order valence-corrected chi connectivity index (χ0v) is 14.7. The molecule has 2 rings (SSSR count). The Labute approximate surface area is 139 Å². The Morgan fingerprint density at radius 3 is 2.61 bits per heavy atom. The van der Waals surface area contributed by atoms with Crippen LogP contribution >= 0.6 is 0 Å². The van der Waals surface area contributed by atoms with Gasteiger partial charge >= 0.3 is 0 Å². The van der Waals surface area contributed by atoms with E-state index in [-0.39, 0.29) is 11.3 Å². The van der Waals surface area contributed by atoms with Gasteiger partial charge < -0.3 is 20.4 Å². The first kappa shape index (κ1) is 17.7. The van der Waals surface area contributed by atoms with Crippen LogP contribution in [0.2, 0.25) is 0 Å². The minimum Gasteiger partial charge on any atom is -0.354 e. The topological polar surface area (TPSA) is 65.7 Å². The summed E-state index contributed by atoms with van der Waals surface area (Å²) in [6.07, 6.45) is 1.73. The smallest absolute Gasteiger partial charge is 0.253 e. The Balaban J connectivity index is 2.08. The van der Waals surface area contributed by atoms with Gasteiger partial charge in [-0.1, -0.05) is 13.8 Å². The average Bonchev–Trinajstić information content (AvgIpc) is 2.54. The summed E-state index contributed by atoms with van der Waals surface area (Å²) in [5.41, 5.74) is 6.37. The summed E-state index contributed by atoms with van der Waals surface area (Å²) in [7, 11) is 3.95. The molecule has 128 valence electrons. The molecular weight excluding hydrogens is 290 g/mol. The number of rotatable bonds is 5. The molecule has 0 spiro atoms. The lowest BCUT2D eigenvalue weighted by molar-refractivity contribution is 0.0740. The molecule has 0 unspecified atom stereocenters. The number of aromatic nitrogens is 1. The molecule has 1 aliphatic heterocycles. The van der Waals surface area contributed by atoms with E-state index < -0.39 is 0 Å². The van der Waals surface area contributed by atoms with Crippen LogP contribution in [-0.2, 0) is 0 Å². The molecule has 6 heteroatoms. The van der Waals surface area contributed by atoms with Crippen LogP contribution in [0.1, 0.15) is 24.2 Å². The Kier molecular flexibility index (Phi) is 5.59. The lowest BCUT2D eigenvalue weighted by Gasteiger charge is -2.33. The summed E-state index contributed by atoms with van der Waals surface area (Å²) in [4.78, 5) is 23.4. The molecule has 1 fully saturated rings. The number of nitrogens with zero attached hydrogens (tertiary/aromatic N) is 4. The van der Waals surface area contributed by atoms with E-state index in [4.69, 9.17) is 5.73 Å². The van der Waals surface area contributed by atoms with Gasteiger partial charge in [-0.2, -0.15) is 0 Å². The van der Waals surface area contributed by atoms with Gasteiger partial charge in [-0.3, -0.25) is 4.79 Å². The van der Waals surface area contributed by atoms with Crippen LogP contribution in [0.25, 0.3) is 0 Å². The van der Waals surface area contributed by atoms with Crippen LogP contribution in [0.3, 0.4) is 0 Å². The fourth-order valence-corrected chi connectivity index (χ4v) is 2.76. The number of anilines is 1. The van der Waals surface area contributed by atoms with E-state index in [0.717, 1.165) is 32.0 Å². The van der Waals surface area contributed by atoms with Gasteiger partial charge in [0.1, 0.15) is 5.82 Å². The minimum absolute atomic E-state index is 0.0179. The van der Waals surface area contributed by atoms with Crippen molar-refractivity contribution in [3.05, 3.63) is 23.9 Å². The van der Waals surface area contributed by atoms with Crippen molar-refractivity contribution in [3.8, 4) is 0 Å². The minimum atomic E-state index is -0.0856. The summed E-state index contributed by atoms with van der Waals surface area (Å²) in [5.74, 6) is 0.903. The molecule has 0 aliphatic carbocycles. The molecule has 1 amide bonds. The van der Waals surface area contributed by atoms with E-state index in [1.165, 1.54) is 0 Å². The fourth-order valence-electron chi connectivity index (χ4n) is 2.76. The third kappa shape index (κ3) is 4.65.